The van der Waals surface area contributed by atoms with Crippen LogP contribution in [-0.4, -0.2) is 97.7 Å². The van der Waals surface area contributed by atoms with Crippen LogP contribution in [0.15, 0.2) is 48.5 Å². The van der Waals surface area contributed by atoms with E-state index in [2.05, 4.69) is 4.18 Å². The molecule has 0 amide bonds. The summed E-state index contributed by atoms with van der Waals surface area (Å²) < 4.78 is 86.9. The summed E-state index contributed by atoms with van der Waals surface area (Å²) in [5, 5.41) is 41.1. The van der Waals surface area contributed by atoms with E-state index in [0.717, 1.165) is 29.6 Å². The van der Waals surface area contributed by atoms with E-state index in [1.807, 2.05) is 72.7 Å². The molecule has 3 heterocycles. The molecule has 0 saturated carbocycles. The molecule has 5 rings (SSSR count). The highest BCUT2D eigenvalue weighted by Crippen LogP contribution is 2.39. The van der Waals surface area contributed by atoms with Crippen LogP contribution in [0.5, 0.6) is 5.75 Å². The van der Waals surface area contributed by atoms with Crippen molar-refractivity contribution >= 4 is 31.1 Å². The summed E-state index contributed by atoms with van der Waals surface area (Å²) in [4.78, 5) is 0. The molecule has 2 aromatic carbocycles. The lowest BCUT2D eigenvalue weighted by molar-refractivity contribution is -0.199. The number of aliphatic hydroxyl groups excluding tert-OH is 4. The smallest absolute Gasteiger partial charge is 0.399 e. The van der Waals surface area contributed by atoms with Gasteiger partial charge in [-0.25, -0.2) is 0 Å². The molecule has 0 unspecified atom stereocenters. The van der Waals surface area contributed by atoms with Gasteiger partial charge in [-0.3, -0.25) is 0 Å². The minimum absolute atomic E-state index is 0. The normalized spacial score (nSPS) is 33.0. The average molecular weight is 757 g/mol. The van der Waals surface area contributed by atoms with Crippen LogP contribution in [0.3, 0.4) is 0 Å². The maximum Gasteiger partial charge on any atom is 0.534 e. The Bertz CT molecular complexity index is 1540. The first-order valence-electron chi connectivity index (χ1n) is 17.1. The molecular formula is C35H50B2F3O11S. The molecule has 3 saturated heterocycles. The molecule has 0 bridgehead atoms. The Morgan fingerprint density at radius 3 is 1.42 bits per heavy atom. The summed E-state index contributed by atoms with van der Waals surface area (Å²) >= 11 is 0. The zero-order valence-electron chi connectivity index (χ0n) is 30.6. The van der Waals surface area contributed by atoms with Crippen molar-refractivity contribution in [3.8, 4) is 5.75 Å². The van der Waals surface area contributed by atoms with Crippen molar-refractivity contribution in [2.24, 2.45) is 11.8 Å². The van der Waals surface area contributed by atoms with Gasteiger partial charge < -0.3 is 43.4 Å². The fraction of sp³-hybridized carbons (Fsp3) is 0.657. The summed E-state index contributed by atoms with van der Waals surface area (Å²) in [5.41, 5.74) is -4.13. The van der Waals surface area contributed by atoms with Gasteiger partial charge in [-0.1, -0.05) is 64.1 Å². The third kappa shape index (κ3) is 9.17. The first kappa shape index (κ1) is 44.2. The van der Waals surface area contributed by atoms with E-state index in [0.29, 0.717) is 12.0 Å². The van der Waals surface area contributed by atoms with Gasteiger partial charge >= 0.3 is 22.7 Å². The monoisotopic (exact) mass is 757 g/mol. The Hall–Kier alpha value is -2.21. The Morgan fingerprint density at radius 1 is 0.712 bits per heavy atom. The van der Waals surface area contributed by atoms with Crippen molar-refractivity contribution in [2.45, 2.75) is 134 Å². The second kappa shape index (κ2) is 16.7. The second-order valence-corrected chi connectivity index (χ2v) is 16.0. The SMILES string of the molecule is CC[C@H]1O[C@H](c2ccc(B3OC(C)(C)C(C)(C)O3)cc2)[C@@H](O)[C@@H](O)[C@@H]1C.CC[C@H]1O[C@H](c2ccc(OS(=O)(=O)C(F)(F)F)cc2)[C@@H](O)[C@@H](O)[C@@H]1C.[B]. The zero-order valence-corrected chi connectivity index (χ0v) is 31.5. The summed E-state index contributed by atoms with van der Waals surface area (Å²) in [5.74, 6) is -0.890. The number of hydrogen-bond acceptors (Lipinski definition) is 11. The van der Waals surface area contributed by atoms with Crippen molar-refractivity contribution in [2.75, 3.05) is 0 Å². The van der Waals surface area contributed by atoms with Crippen LogP contribution in [-0.2, 0) is 28.9 Å². The molecule has 52 heavy (non-hydrogen) atoms. The van der Waals surface area contributed by atoms with Crippen LogP contribution < -0.4 is 9.65 Å². The van der Waals surface area contributed by atoms with Crippen LogP contribution in [0.25, 0.3) is 0 Å². The lowest BCUT2D eigenvalue weighted by Crippen LogP contribution is -2.49. The molecular weight excluding hydrogens is 707 g/mol. The summed E-state index contributed by atoms with van der Waals surface area (Å²) in [6.45, 7) is 15.7. The average Bonchev–Trinajstić information content (AvgIpc) is 3.29. The maximum absolute atomic E-state index is 12.3. The van der Waals surface area contributed by atoms with E-state index in [1.165, 1.54) is 12.1 Å². The third-order valence-electron chi connectivity index (χ3n) is 10.5. The molecule has 10 atom stereocenters. The highest BCUT2D eigenvalue weighted by atomic mass is 32.2. The number of halogens is 3. The first-order valence-corrected chi connectivity index (χ1v) is 18.5. The molecule has 0 aromatic heterocycles. The van der Waals surface area contributed by atoms with Crippen LogP contribution in [0.4, 0.5) is 13.2 Å². The molecule has 3 radical (unpaired) electrons. The Balaban J connectivity index is 0.000000275. The largest absolute Gasteiger partial charge is 0.534 e. The Morgan fingerprint density at radius 2 is 1.08 bits per heavy atom. The topological polar surface area (TPSA) is 161 Å². The number of benzene rings is 2. The minimum Gasteiger partial charge on any atom is -0.399 e. The van der Waals surface area contributed by atoms with E-state index in [-0.39, 0.29) is 43.7 Å². The molecule has 17 heteroatoms. The molecule has 11 nitrogen and oxygen atoms in total. The predicted octanol–water partition coefficient (Wildman–Crippen LogP) is 3.94. The van der Waals surface area contributed by atoms with Crippen molar-refractivity contribution in [1.29, 1.82) is 0 Å². The molecule has 3 fully saturated rings. The van der Waals surface area contributed by atoms with E-state index in [4.69, 9.17) is 18.8 Å². The number of hydrogen-bond donors (Lipinski definition) is 4. The fourth-order valence-electron chi connectivity index (χ4n) is 6.40. The number of aliphatic hydroxyl groups is 4. The minimum atomic E-state index is -5.75. The lowest BCUT2D eigenvalue weighted by atomic mass is 9.78. The van der Waals surface area contributed by atoms with Crippen molar-refractivity contribution in [3.63, 3.8) is 0 Å². The third-order valence-corrected chi connectivity index (χ3v) is 11.5. The van der Waals surface area contributed by atoms with Crippen molar-refractivity contribution < 1.29 is 65.0 Å². The standard InChI is InChI=1S/C20H31BO5.C15H19F3O6S.B/c1-7-15-12(2)16(22)17(23)18(24-15)13-8-10-14(11-9-13)21-25-19(3,4)20(5,6)26-21;1-3-11-8(2)12(19)13(20)14(23-11)9-4-6-10(7-5-9)24-25(21,22)15(16,17)18;/h8-12,15-18,22-23H,7H2,1-6H3;4-8,11-14,19-20H,3H2,1-2H3;/t12-,15-,16+,17+,18-;8-,11-,12+,13+,14-;/m11./s1. The van der Waals surface area contributed by atoms with Gasteiger partial charge in [0, 0.05) is 20.2 Å². The fourth-order valence-corrected chi connectivity index (χ4v) is 6.86. The molecule has 4 N–H and O–H groups in total. The summed E-state index contributed by atoms with van der Waals surface area (Å²) in [7, 11) is -6.17. The van der Waals surface area contributed by atoms with Gasteiger partial charge in [0.05, 0.1) is 35.6 Å². The number of alkyl halides is 3. The second-order valence-electron chi connectivity index (χ2n) is 14.5. The van der Waals surface area contributed by atoms with Gasteiger partial charge in [0.2, 0.25) is 0 Å². The van der Waals surface area contributed by atoms with Crippen molar-refractivity contribution in [1.82, 2.24) is 0 Å². The molecule has 289 valence electrons. The van der Waals surface area contributed by atoms with Gasteiger partial charge in [0.25, 0.3) is 0 Å². The van der Waals surface area contributed by atoms with Crippen LogP contribution in [0, 0.1) is 11.8 Å². The van der Waals surface area contributed by atoms with E-state index < -0.39 is 65.1 Å². The Kier molecular flexibility index (Phi) is 14.2. The van der Waals surface area contributed by atoms with Gasteiger partial charge in [-0.15, -0.1) is 0 Å². The van der Waals surface area contributed by atoms with E-state index in [9.17, 15) is 42.0 Å². The van der Waals surface area contributed by atoms with Gasteiger partial charge in [-0.05, 0) is 69.3 Å². The molecule has 3 aliphatic heterocycles. The van der Waals surface area contributed by atoms with Gasteiger partial charge in [0.1, 0.15) is 30.2 Å². The number of rotatable bonds is 7. The van der Waals surface area contributed by atoms with Gasteiger partial charge in [0.15, 0.2) is 0 Å². The Labute approximate surface area is 306 Å². The van der Waals surface area contributed by atoms with Crippen LogP contribution in [0.1, 0.15) is 91.6 Å². The van der Waals surface area contributed by atoms with Crippen LogP contribution >= 0.6 is 0 Å². The molecule has 0 aliphatic carbocycles. The highest BCUT2D eigenvalue weighted by molar-refractivity contribution is 7.88. The summed E-state index contributed by atoms with van der Waals surface area (Å²) in [6, 6.07) is 12.3. The zero-order chi connectivity index (χ0) is 38.3. The maximum atomic E-state index is 12.3. The van der Waals surface area contributed by atoms with Crippen LogP contribution in [0.2, 0.25) is 0 Å². The number of ether oxygens (including phenoxy) is 2. The molecule has 2 aromatic rings. The van der Waals surface area contributed by atoms with E-state index in [1.54, 1.807) is 6.92 Å². The lowest BCUT2D eigenvalue weighted by Gasteiger charge is -2.41. The van der Waals surface area contributed by atoms with E-state index >= 15 is 0 Å². The first-order chi connectivity index (χ1) is 23.5. The molecule has 0 spiro atoms. The molecule has 3 aliphatic rings. The van der Waals surface area contributed by atoms with Gasteiger partial charge in [-0.2, -0.15) is 21.6 Å². The quantitative estimate of drug-likeness (QED) is 0.184. The highest BCUT2D eigenvalue weighted by Gasteiger charge is 2.52. The summed E-state index contributed by atoms with van der Waals surface area (Å²) in [6.07, 6.45) is -4.35. The predicted molar refractivity (Wildman–Crippen MR) is 188 cm³/mol. The van der Waals surface area contributed by atoms with Crippen molar-refractivity contribution in [3.05, 3.63) is 59.7 Å².